The molecule has 1 aliphatic rings. The maximum Gasteiger partial charge on any atom is 0.416 e. The zero-order chi connectivity index (χ0) is 16.4. The van der Waals surface area contributed by atoms with Crippen molar-refractivity contribution in [2.24, 2.45) is 0 Å². The number of nitrogens with one attached hydrogen (secondary N) is 1. The Morgan fingerprint density at radius 3 is 2.68 bits per heavy atom. The Hall–Kier alpha value is -1.11. The highest BCUT2D eigenvalue weighted by atomic mass is 19.4. The number of nitrogens with zero attached hydrogens (tertiary/aromatic N) is 1. The molecule has 6 heteroatoms. The Balaban J connectivity index is 2.13. The van der Waals surface area contributed by atoms with Crippen LogP contribution >= 0.6 is 0 Å². The minimum Gasteiger partial charge on any atom is -0.391 e. The number of likely N-dealkylation sites (N-methyl/N-ethyl adjacent to an activating group) is 1. The largest absolute Gasteiger partial charge is 0.416 e. The maximum absolute atomic E-state index is 12.8. The predicted molar refractivity (Wildman–Crippen MR) is 79.7 cm³/mol. The molecule has 1 aromatic rings. The van der Waals surface area contributed by atoms with Gasteiger partial charge in [-0.1, -0.05) is 18.2 Å². The number of aryl methyl sites for hydroxylation is 1. The van der Waals surface area contributed by atoms with Crippen LogP contribution in [0.15, 0.2) is 24.3 Å². The standard InChI is InChI=1S/C16H23F3N2O/c1-21(2)15(11-20-9-7-14(15)22)8-6-12-4-3-5-13(10-12)16(17,18)19/h3-5,10,14,20,22H,6-9,11H2,1-2H3/t14-,15+/m0/s1. The van der Waals surface area contributed by atoms with Gasteiger partial charge in [0.25, 0.3) is 0 Å². The van der Waals surface area contributed by atoms with Gasteiger partial charge in [-0.3, -0.25) is 0 Å². The summed E-state index contributed by atoms with van der Waals surface area (Å²) >= 11 is 0. The Morgan fingerprint density at radius 1 is 1.36 bits per heavy atom. The van der Waals surface area contributed by atoms with Crippen LogP contribution in [0.4, 0.5) is 13.2 Å². The Bertz CT molecular complexity index is 504. The van der Waals surface area contributed by atoms with E-state index in [9.17, 15) is 18.3 Å². The molecule has 1 heterocycles. The van der Waals surface area contributed by atoms with Crippen LogP contribution in [0.1, 0.15) is 24.0 Å². The molecule has 0 unspecified atom stereocenters. The Labute approximate surface area is 129 Å². The number of rotatable bonds is 4. The SMILES string of the molecule is CN(C)[C@]1(CCc2cccc(C(F)(F)F)c2)CNCC[C@@H]1O. The molecule has 0 aliphatic carbocycles. The minimum atomic E-state index is -4.32. The number of aliphatic hydroxyl groups excluding tert-OH is 1. The zero-order valence-electron chi connectivity index (χ0n) is 13.0. The first-order valence-electron chi connectivity index (χ1n) is 7.48. The Kier molecular flexibility index (Phi) is 5.14. The van der Waals surface area contributed by atoms with E-state index in [1.807, 2.05) is 19.0 Å². The molecule has 1 aromatic carbocycles. The lowest BCUT2D eigenvalue weighted by Crippen LogP contribution is -2.63. The lowest BCUT2D eigenvalue weighted by molar-refractivity contribution is -0.137. The van der Waals surface area contributed by atoms with E-state index in [0.29, 0.717) is 31.4 Å². The van der Waals surface area contributed by atoms with Crippen LogP contribution in [0.3, 0.4) is 0 Å². The van der Waals surface area contributed by atoms with Crippen molar-refractivity contribution in [2.45, 2.75) is 37.1 Å². The van der Waals surface area contributed by atoms with Crippen LogP contribution < -0.4 is 5.32 Å². The van der Waals surface area contributed by atoms with Crippen molar-refractivity contribution < 1.29 is 18.3 Å². The topological polar surface area (TPSA) is 35.5 Å². The van der Waals surface area contributed by atoms with Crippen molar-refractivity contribution in [3.63, 3.8) is 0 Å². The van der Waals surface area contributed by atoms with Gasteiger partial charge in [-0.25, -0.2) is 0 Å². The van der Waals surface area contributed by atoms with E-state index < -0.39 is 23.4 Å². The fourth-order valence-corrected chi connectivity index (χ4v) is 3.13. The highest BCUT2D eigenvalue weighted by Gasteiger charge is 2.41. The van der Waals surface area contributed by atoms with Crippen molar-refractivity contribution in [2.75, 3.05) is 27.2 Å². The fraction of sp³-hybridized carbons (Fsp3) is 0.625. The van der Waals surface area contributed by atoms with Gasteiger partial charge in [0.15, 0.2) is 0 Å². The first kappa shape index (κ1) is 17.2. The first-order chi connectivity index (χ1) is 10.3. The molecule has 124 valence electrons. The van der Waals surface area contributed by atoms with E-state index in [0.717, 1.165) is 12.6 Å². The molecular weight excluding hydrogens is 293 g/mol. The van der Waals surface area contributed by atoms with Crippen molar-refractivity contribution in [1.29, 1.82) is 0 Å². The molecule has 1 fully saturated rings. The number of alkyl halides is 3. The molecular formula is C16H23F3N2O. The van der Waals surface area contributed by atoms with Gasteiger partial charge in [0.2, 0.25) is 0 Å². The molecule has 2 atom stereocenters. The molecule has 1 saturated heterocycles. The molecule has 0 spiro atoms. The molecule has 0 radical (unpaired) electrons. The highest BCUT2D eigenvalue weighted by Crippen LogP contribution is 2.31. The lowest BCUT2D eigenvalue weighted by atomic mass is 9.80. The van der Waals surface area contributed by atoms with Gasteiger partial charge in [0, 0.05) is 6.54 Å². The van der Waals surface area contributed by atoms with Gasteiger partial charge in [-0.05, 0) is 51.5 Å². The van der Waals surface area contributed by atoms with Crippen LogP contribution in [0.2, 0.25) is 0 Å². The van der Waals surface area contributed by atoms with Crippen LogP contribution in [-0.4, -0.2) is 48.8 Å². The van der Waals surface area contributed by atoms with Gasteiger partial charge in [-0.15, -0.1) is 0 Å². The third kappa shape index (κ3) is 3.62. The summed E-state index contributed by atoms with van der Waals surface area (Å²) < 4.78 is 38.3. The summed E-state index contributed by atoms with van der Waals surface area (Å²) in [4.78, 5) is 1.98. The maximum atomic E-state index is 12.8. The van der Waals surface area contributed by atoms with E-state index in [1.165, 1.54) is 12.1 Å². The molecule has 22 heavy (non-hydrogen) atoms. The number of piperidine rings is 1. The monoisotopic (exact) mass is 316 g/mol. The van der Waals surface area contributed by atoms with E-state index >= 15 is 0 Å². The molecule has 0 bridgehead atoms. The summed E-state index contributed by atoms with van der Waals surface area (Å²) in [6.45, 7) is 1.40. The number of hydrogen-bond donors (Lipinski definition) is 2. The number of benzene rings is 1. The van der Waals surface area contributed by atoms with Gasteiger partial charge >= 0.3 is 6.18 Å². The highest BCUT2D eigenvalue weighted by molar-refractivity contribution is 5.26. The smallest absolute Gasteiger partial charge is 0.391 e. The van der Waals surface area contributed by atoms with Crippen LogP contribution in [0.5, 0.6) is 0 Å². The molecule has 2 rings (SSSR count). The lowest BCUT2D eigenvalue weighted by Gasteiger charge is -2.47. The minimum absolute atomic E-state index is 0.438. The van der Waals surface area contributed by atoms with Crippen molar-refractivity contribution >= 4 is 0 Å². The van der Waals surface area contributed by atoms with Crippen LogP contribution in [0.25, 0.3) is 0 Å². The summed E-state index contributed by atoms with van der Waals surface area (Å²) in [5.74, 6) is 0. The summed E-state index contributed by atoms with van der Waals surface area (Å²) in [6.07, 6.45) is -3.03. The second kappa shape index (κ2) is 6.56. The summed E-state index contributed by atoms with van der Waals surface area (Å²) in [7, 11) is 3.81. The molecule has 0 amide bonds. The molecule has 3 nitrogen and oxygen atoms in total. The number of halogens is 3. The van der Waals surface area contributed by atoms with E-state index in [-0.39, 0.29) is 0 Å². The van der Waals surface area contributed by atoms with Gasteiger partial charge < -0.3 is 15.3 Å². The molecule has 0 aromatic heterocycles. The molecule has 1 aliphatic heterocycles. The predicted octanol–water partition coefficient (Wildman–Crippen LogP) is 2.29. The van der Waals surface area contributed by atoms with Crippen molar-refractivity contribution in [3.8, 4) is 0 Å². The van der Waals surface area contributed by atoms with E-state index in [4.69, 9.17) is 0 Å². The van der Waals surface area contributed by atoms with E-state index in [1.54, 1.807) is 6.07 Å². The van der Waals surface area contributed by atoms with E-state index in [2.05, 4.69) is 5.32 Å². The van der Waals surface area contributed by atoms with Gasteiger partial charge in [0.1, 0.15) is 0 Å². The van der Waals surface area contributed by atoms with Crippen molar-refractivity contribution in [3.05, 3.63) is 35.4 Å². The van der Waals surface area contributed by atoms with Crippen LogP contribution in [-0.2, 0) is 12.6 Å². The second-order valence-electron chi connectivity index (χ2n) is 6.18. The van der Waals surface area contributed by atoms with Crippen molar-refractivity contribution in [1.82, 2.24) is 10.2 Å². The van der Waals surface area contributed by atoms with Crippen LogP contribution in [0, 0.1) is 0 Å². The molecule has 2 N–H and O–H groups in total. The Morgan fingerprint density at radius 2 is 2.09 bits per heavy atom. The van der Waals surface area contributed by atoms with Gasteiger partial charge in [-0.2, -0.15) is 13.2 Å². The summed E-state index contributed by atoms with van der Waals surface area (Å²) in [5.41, 5.74) is -0.410. The second-order valence-corrected chi connectivity index (χ2v) is 6.18. The fourth-order valence-electron chi connectivity index (χ4n) is 3.13. The first-order valence-corrected chi connectivity index (χ1v) is 7.48. The quantitative estimate of drug-likeness (QED) is 0.895. The number of aliphatic hydroxyl groups is 1. The molecule has 0 saturated carbocycles. The average molecular weight is 316 g/mol. The third-order valence-electron chi connectivity index (χ3n) is 4.64. The summed E-state index contributed by atoms with van der Waals surface area (Å²) in [5, 5.41) is 13.7. The van der Waals surface area contributed by atoms with Gasteiger partial charge in [0.05, 0.1) is 17.2 Å². The average Bonchev–Trinajstić information content (AvgIpc) is 2.46. The summed E-state index contributed by atoms with van der Waals surface area (Å²) in [6, 6.07) is 5.44. The third-order valence-corrected chi connectivity index (χ3v) is 4.64. The number of hydrogen-bond acceptors (Lipinski definition) is 3. The normalized spacial score (nSPS) is 26.4. The zero-order valence-corrected chi connectivity index (χ0v) is 13.0.